The fourth-order valence-electron chi connectivity index (χ4n) is 1.57. The van der Waals surface area contributed by atoms with Crippen molar-refractivity contribution in [3.63, 3.8) is 0 Å². The number of nitrogens with zero attached hydrogens (tertiary/aromatic N) is 2. The quantitative estimate of drug-likeness (QED) is 0.886. The molecule has 2 aromatic heterocycles. The van der Waals surface area contributed by atoms with Crippen molar-refractivity contribution in [3.05, 3.63) is 40.3 Å². The van der Waals surface area contributed by atoms with Crippen molar-refractivity contribution in [1.29, 1.82) is 0 Å². The fraction of sp³-hybridized carbons (Fsp3) is 0.167. The molecule has 0 atom stereocenters. The minimum Gasteiger partial charge on any atom is -0.396 e. The first-order chi connectivity index (χ1) is 8.11. The number of thiophene rings is 1. The van der Waals surface area contributed by atoms with Crippen LogP contribution in [0.3, 0.4) is 0 Å². The third-order valence-electron chi connectivity index (χ3n) is 2.58. The highest BCUT2D eigenvalue weighted by molar-refractivity contribution is 7.08. The molecule has 2 rings (SSSR count). The summed E-state index contributed by atoms with van der Waals surface area (Å²) in [5.74, 6) is -0.0540. The predicted molar refractivity (Wildman–Crippen MR) is 70.4 cm³/mol. The average molecular weight is 247 g/mol. The van der Waals surface area contributed by atoms with Gasteiger partial charge in [0.1, 0.15) is 0 Å². The Balaban J connectivity index is 2.33. The van der Waals surface area contributed by atoms with Crippen LogP contribution < -0.4 is 10.6 Å². The van der Waals surface area contributed by atoms with Crippen LogP contribution >= 0.6 is 11.3 Å². The Morgan fingerprint density at radius 2 is 2.24 bits per heavy atom. The van der Waals surface area contributed by atoms with Crippen LogP contribution in [-0.2, 0) is 0 Å². The molecule has 0 fully saturated rings. The predicted octanol–water partition coefficient (Wildman–Crippen LogP) is 2.31. The van der Waals surface area contributed by atoms with Gasteiger partial charge in [-0.1, -0.05) is 0 Å². The highest BCUT2D eigenvalue weighted by Crippen LogP contribution is 2.23. The molecule has 0 aliphatic carbocycles. The van der Waals surface area contributed by atoms with Gasteiger partial charge in [0, 0.05) is 18.6 Å². The number of amides is 1. The minimum absolute atomic E-state index is 0.0540. The molecule has 0 radical (unpaired) electrons. The summed E-state index contributed by atoms with van der Waals surface area (Å²) in [6, 6.07) is 1.73. The Morgan fingerprint density at radius 1 is 1.47 bits per heavy atom. The molecular weight excluding hydrogens is 234 g/mol. The van der Waals surface area contributed by atoms with E-state index in [1.165, 1.54) is 11.3 Å². The van der Waals surface area contributed by atoms with Crippen molar-refractivity contribution in [1.82, 2.24) is 4.98 Å². The van der Waals surface area contributed by atoms with E-state index >= 15 is 0 Å². The molecule has 0 unspecified atom stereocenters. The van der Waals surface area contributed by atoms with Gasteiger partial charge in [-0.3, -0.25) is 9.78 Å². The zero-order valence-electron chi connectivity index (χ0n) is 9.68. The van der Waals surface area contributed by atoms with Crippen molar-refractivity contribution in [3.8, 4) is 0 Å². The van der Waals surface area contributed by atoms with Crippen LogP contribution in [0.1, 0.15) is 15.9 Å². The van der Waals surface area contributed by atoms with E-state index in [1.807, 2.05) is 17.7 Å². The Labute approximate surface area is 104 Å². The third kappa shape index (κ3) is 2.14. The van der Waals surface area contributed by atoms with Crippen molar-refractivity contribution in [2.24, 2.45) is 0 Å². The number of aromatic nitrogens is 1. The number of nitrogen functional groups attached to an aromatic ring is 1. The first kappa shape index (κ1) is 11.6. The van der Waals surface area contributed by atoms with Gasteiger partial charge in [0.2, 0.25) is 0 Å². The largest absolute Gasteiger partial charge is 0.396 e. The Bertz CT molecular complexity index is 550. The minimum atomic E-state index is -0.0540. The monoisotopic (exact) mass is 247 g/mol. The first-order valence-electron chi connectivity index (χ1n) is 5.11. The van der Waals surface area contributed by atoms with E-state index in [-0.39, 0.29) is 5.91 Å². The lowest BCUT2D eigenvalue weighted by atomic mass is 10.2. The number of aryl methyl sites for hydroxylation is 1. The number of anilines is 2. The molecule has 0 aromatic carbocycles. The summed E-state index contributed by atoms with van der Waals surface area (Å²) < 4.78 is 0. The van der Waals surface area contributed by atoms with Crippen LogP contribution in [0, 0.1) is 6.92 Å². The second kappa shape index (κ2) is 4.55. The Hall–Kier alpha value is -1.88. The Morgan fingerprint density at radius 3 is 2.82 bits per heavy atom. The lowest BCUT2D eigenvalue weighted by Crippen LogP contribution is -2.27. The van der Waals surface area contributed by atoms with E-state index < -0.39 is 0 Å². The van der Waals surface area contributed by atoms with Crippen LogP contribution in [-0.4, -0.2) is 17.9 Å². The van der Waals surface area contributed by atoms with E-state index in [0.29, 0.717) is 16.9 Å². The normalized spacial score (nSPS) is 10.2. The number of carbonyl (C=O) groups is 1. The van der Waals surface area contributed by atoms with Gasteiger partial charge in [-0.25, -0.2) is 0 Å². The molecule has 4 nitrogen and oxygen atoms in total. The van der Waals surface area contributed by atoms with Gasteiger partial charge in [-0.15, -0.1) is 0 Å². The standard InChI is InChI=1S/C12H13N3OS/c1-8-6-17-7-9(8)12(16)15(2)11-3-4-14-5-10(11)13/h3-7H,13H2,1-2H3. The summed E-state index contributed by atoms with van der Waals surface area (Å²) >= 11 is 1.52. The smallest absolute Gasteiger partial charge is 0.259 e. The van der Waals surface area contributed by atoms with E-state index in [1.54, 1.807) is 30.4 Å². The Kier molecular flexibility index (Phi) is 3.10. The summed E-state index contributed by atoms with van der Waals surface area (Å²) in [6.07, 6.45) is 3.16. The van der Waals surface area contributed by atoms with Gasteiger partial charge in [-0.2, -0.15) is 11.3 Å². The molecule has 2 N–H and O–H groups in total. The number of hydrogen-bond donors (Lipinski definition) is 1. The number of rotatable bonds is 2. The molecule has 88 valence electrons. The maximum absolute atomic E-state index is 12.2. The van der Waals surface area contributed by atoms with E-state index in [2.05, 4.69) is 4.98 Å². The molecule has 17 heavy (non-hydrogen) atoms. The topological polar surface area (TPSA) is 59.2 Å². The number of carbonyl (C=O) groups excluding carboxylic acids is 1. The van der Waals surface area contributed by atoms with Crippen LogP contribution in [0.5, 0.6) is 0 Å². The highest BCUT2D eigenvalue weighted by Gasteiger charge is 2.17. The molecule has 0 aliphatic heterocycles. The summed E-state index contributed by atoms with van der Waals surface area (Å²) in [6.45, 7) is 1.92. The van der Waals surface area contributed by atoms with E-state index in [0.717, 1.165) is 5.56 Å². The molecule has 0 saturated heterocycles. The van der Waals surface area contributed by atoms with Gasteiger partial charge >= 0.3 is 0 Å². The third-order valence-corrected chi connectivity index (χ3v) is 3.44. The fourth-order valence-corrected chi connectivity index (χ4v) is 2.40. The molecule has 0 bridgehead atoms. The number of pyridine rings is 1. The second-order valence-corrected chi connectivity index (χ2v) is 4.51. The molecule has 1 amide bonds. The van der Waals surface area contributed by atoms with Crippen LogP contribution in [0.15, 0.2) is 29.2 Å². The SMILES string of the molecule is Cc1cscc1C(=O)N(C)c1ccncc1N. The molecule has 5 heteroatoms. The molecular formula is C12H13N3OS. The summed E-state index contributed by atoms with van der Waals surface area (Å²) in [5, 5.41) is 3.81. The van der Waals surface area contributed by atoms with Gasteiger partial charge < -0.3 is 10.6 Å². The molecule has 0 aliphatic rings. The van der Waals surface area contributed by atoms with E-state index in [9.17, 15) is 4.79 Å². The van der Waals surface area contributed by atoms with E-state index in [4.69, 9.17) is 5.73 Å². The van der Waals surface area contributed by atoms with Crippen molar-refractivity contribution in [2.75, 3.05) is 17.7 Å². The van der Waals surface area contributed by atoms with Gasteiger partial charge in [-0.05, 0) is 23.9 Å². The summed E-state index contributed by atoms with van der Waals surface area (Å²) in [4.78, 5) is 17.7. The lowest BCUT2D eigenvalue weighted by molar-refractivity contribution is 0.0993. The number of hydrogen-bond acceptors (Lipinski definition) is 4. The number of nitrogens with two attached hydrogens (primary N) is 1. The van der Waals surface area contributed by atoms with Gasteiger partial charge in [0.05, 0.1) is 23.1 Å². The zero-order chi connectivity index (χ0) is 12.4. The molecule has 0 spiro atoms. The second-order valence-electron chi connectivity index (χ2n) is 3.77. The van der Waals surface area contributed by atoms with Crippen molar-refractivity contribution < 1.29 is 4.79 Å². The molecule has 2 heterocycles. The first-order valence-corrected chi connectivity index (χ1v) is 6.06. The average Bonchev–Trinajstić information content (AvgIpc) is 2.74. The highest BCUT2D eigenvalue weighted by atomic mass is 32.1. The molecule has 0 saturated carbocycles. The van der Waals surface area contributed by atoms with Gasteiger partial charge in [0.15, 0.2) is 0 Å². The molecule has 2 aromatic rings. The maximum atomic E-state index is 12.2. The zero-order valence-corrected chi connectivity index (χ0v) is 10.5. The summed E-state index contributed by atoms with van der Waals surface area (Å²) in [7, 11) is 1.71. The van der Waals surface area contributed by atoms with Crippen LogP contribution in [0.2, 0.25) is 0 Å². The van der Waals surface area contributed by atoms with Gasteiger partial charge in [0.25, 0.3) is 5.91 Å². The van der Waals surface area contributed by atoms with Crippen molar-refractivity contribution >= 4 is 28.6 Å². The maximum Gasteiger partial charge on any atom is 0.259 e. The lowest BCUT2D eigenvalue weighted by Gasteiger charge is -2.18. The van der Waals surface area contributed by atoms with Crippen molar-refractivity contribution in [2.45, 2.75) is 6.92 Å². The van der Waals surface area contributed by atoms with Crippen LogP contribution in [0.25, 0.3) is 0 Å². The van der Waals surface area contributed by atoms with Crippen LogP contribution in [0.4, 0.5) is 11.4 Å². The summed E-state index contributed by atoms with van der Waals surface area (Å²) in [5.41, 5.74) is 8.67.